The third-order valence-corrected chi connectivity index (χ3v) is 8.59. The number of anilines is 1. The molecule has 2 atom stereocenters. The monoisotopic (exact) mass is 603 g/mol. The van der Waals surface area contributed by atoms with Crippen LogP contribution in [0.3, 0.4) is 0 Å². The summed E-state index contributed by atoms with van der Waals surface area (Å²) in [5.41, 5.74) is 0.811. The summed E-state index contributed by atoms with van der Waals surface area (Å²) >= 11 is 5.98. The Kier molecular flexibility index (Phi) is 11.1. The fourth-order valence-electron chi connectivity index (χ4n) is 3.97. The van der Waals surface area contributed by atoms with Gasteiger partial charge in [-0.3, -0.25) is 13.9 Å². The number of sulfonamides is 1. The fraction of sp³-hybridized carbons (Fsp3) is 0.333. The highest BCUT2D eigenvalue weighted by Gasteiger charge is 2.32. The van der Waals surface area contributed by atoms with E-state index in [1.165, 1.54) is 53.4 Å². The van der Waals surface area contributed by atoms with E-state index in [-0.39, 0.29) is 29.1 Å². The molecular weight excluding hydrogens is 569 g/mol. The Morgan fingerprint density at radius 1 is 0.951 bits per heavy atom. The van der Waals surface area contributed by atoms with Crippen molar-refractivity contribution in [3.8, 4) is 5.75 Å². The zero-order valence-electron chi connectivity index (χ0n) is 23.5. The molecule has 8 nitrogen and oxygen atoms in total. The molecule has 220 valence electrons. The first-order chi connectivity index (χ1) is 19.5. The molecular formula is C30H35ClFN3O5S. The highest BCUT2D eigenvalue weighted by molar-refractivity contribution is 7.92. The minimum Gasteiger partial charge on any atom is -0.494 e. The van der Waals surface area contributed by atoms with Gasteiger partial charge in [0, 0.05) is 17.6 Å². The fourth-order valence-corrected chi connectivity index (χ4v) is 5.51. The van der Waals surface area contributed by atoms with Crippen molar-refractivity contribution in [2.45, 2.75) is 57.6 Å². The Labute approximate surface area is 246 Å². The molecule has 41 heavy (non-hydrogen) atoms. The van der Waals surface area contributed by atoms with Gasteiger partial charge in [0.25, 0.3) is 10.0 Å². The van der Waals surface area contributed by atoms with Gasteiger partial charge in [-0.25, -0.2) is 12.8 Å². The standard InChI is InChI=1S/C30H35ClFN3O5S/c1-5-21(3)33-30(37)22(4)34(19-23-7-11-25(32)12-8-23)29(36)20-35(26-13-15-27(16-14-26)40-6-2)41(38,39)28-17-9-24(31)10-18-28/h7-18,21-22H,5-6,19-20H2,1-4H3,(H,33,37). The molecule has 1 N–H and O–H groups in total. The first-order valence-corrected chi connectivity index (χ1v) is 15.1. The second-order valence-corrected chi connectivity index (χ2v) is 11.8. The molecule has 0 aromatic heterocycles. The number of hydrogen-bond acceptors (Lipinski definition) is 5. The van der Waals surface area contributed by atoms with Crippen molar-refractivity contribution in [2.75, 3.05) is 17.5 Å². The summed E-state index contributed by atoms with van der Waals surface area (Å²) < 4.78 is 47.8. The van der Waals surface area contributed by atoms with Gasteiger partial charge in [-0.15, -0.1) is 0 Å². The van der Waals surface area contributed by atoms with Crippen molar-refractivity contribution in [3.05, 3.63) is 89.2 Å². The van der Waals surface area contributed by atoms with Crippen molar-refractivity contribution in [3.63, 3.8) is 0 Å². The molecule has 2 amide bonds. The average Bonchev–Trinajstić information content (AvgIpc) is 2.95. The number of halogens is 2. The first kappa shape index (κ1) is 31.9. The number of carbonyl (C=O) groups is 2. The summed E-state index contributed by atoms with van der Waals surface area (Å²) in [6, 6.07) is 16.5. The lowest BCUT2D eigenvalue weighted by atomic mass is 10.1. The molecule has 0 fully saturated rings. The van der Waals surface area contributed by atoms with E-state index in [4.69, 9.17) is 16.3 Å². The lowest BCUT2D eigenvalue weighted by Crippen LogP contribution is -2.52. The van der Waals surface area contributed by atoms with Gasteiger partial charge in [-0.05, 0) is 93.4 Å². The van der Waals surface area contributed by atoms with Crippen LogP contribution in [0.2, 0.25) is 5.02 Å². The second kappa shape index (κ2) is 14.3. The summed E-state index contributed by atoms with van der Waals surface area (Å²) in [7, 11) is -4.24. The van der Waals surface area contributed by atoms with E-state index < -0.39 is 34.3 Å². The van der Waals surface area contributed by atoms with Crippen molar-refractivity contribution >= 4 is 39.1 Å². The molecule has 0 heterocycles. The molecule has 3 aromatic rings. The number of hydrogen-bond donors (Lipinski definition) is 1. The predicted molar refractivity (Wildman–Crippen MR) is 158 cm³/mol. The van der Waals surface area contributed by atoms with Crippen LogP contribution in [0.4, 0.5) is 10.1 Å². The zero-order valence-corrected chi connectivity index (χ0v) is 25.1. The number of ether oxygens (including phenoxy) is 1. The number of rotatable bonds is 13. The predicted octanol–water partition coefficient (Wildman–Crippen LogP) is 5.41. The smallest absolute Gasteiger partial charge is 0.264 e. The number of amides is 2. The van der Waals surface area contributed by atoms with Crippen LogP contribution in [0, 0.1) is 5.82 Å². The topological polar surface area (TPSA) is 96.0 Å². The Hall–Kier alpha value is -3.63. The van der Waals surface area contributed by atoms with E-state index in [1.54, 1.807) is 31.2 Å². The van der Waals surface area contributed by atoms with Crippen LogP contribution in [0.5, 0.6) is 5.75 Å². The van der Waals surface area contributed by atoms with E-state index in [2.05, 4.69) is 5.32 Å². The van der Waals surface area contributed by atoms with E-state index in [1.807, 2.05) is 20.8 Å². The summed E-state index contributed by atoms with van der Waals surface area (Å²) in [4.78, 5) is 28.2. The quantitative estimate of drug-likeness (QED) is 0.282. The highest BCUT2D eigenvalue weighted by Crippen LogP contribution is 2.27. The molecule has 0 saturated carbocycles. The lowest BCUT2D eigenvalue weighted by molar-refractivity contribution is -0.139. The maximum atomic E-state index is 13.9. The van der Waals surface area contributed by atoms with Crippen LogP contribution in [-0.2, 0) is 26.2 Å². The van der Waals surface area contributed by atoms with Crippen molar-refractivity contribution in [1.29, 1.82) is 0 Å². The van der Waals surface area contributed by atoms with Crippen molar-refractivity contribution < 1.29 is 27.1 Å². The van der Waals surface area contributed by atoms with Gasteiger partial charge < -0.3 is 15.0 Å². The largest absolute Gasteiger partial charge is 0.494 e. The number of nitrogens with one attached hydrogen (secondary N) is 1. The van der Waals surface area contributed by atoms with Crippen molar-refractivity contribution in [2.24, 2.45) is 0 Å². The van der Waals surface area contributed by atoms with Crippen LogP contribution >= 0.6 is 11.6 Å². The molecule has 0 aliphatic carbocycles. The number of nitrogens with zero attached hydrogens (tertiary/aromatic N) is 2. The number of carbonyl (C=O) groups excluding carboxylic acids is 2. The minimum absolute atomic E-state index is 0.0354. The van der Waals surface area contributed by atoms with Crippen LogP contribution in [0.15, 0.2) is 77.7 Å². The van der Waals surface area contributed by atoms with Gasteiger partial charge in [0.2, 0.25) is 11.8 Å². The zero-order chi connectivity index (χ0) is 30.2. The maximum absolute atomic E-state index is 13.9. The minimum atomic E-state index is -4.24. The average molecular weight is 604 g/mol. The molecule has 11 heteroatoms. The Morgan fingerprint density at radius 2 is 1.56 bits per heavy atom. The van der Waals surface area contributed by atoms with Crippen LogP contribution in [0.1, 0.15) is 39.7 Å². The van der Waals surface area contributed by atoms with E-state index in [0.717, 1.165) is 4.31 Å². The molecule has 2 unspecified atom stereocenters. The van der Waals surface area contributed by atoms with E-state index in [0.29, 0.717) is 29.4 Å². The molecule has 0 bridgehead atoms. The summed E-state index contributed by atoms with van der Waals surface area (Å²) in [6.45, 7) is 6.98. The maximum Gasteiger partial charge on any atom is 0.264 e. The van der Waals surface area contributed by atoms with Gasteiger partial charge in [0.1, 0.15) is 24.2 Å². The highest BCUT2D eigenvalue weighted by atomic mass is 35.5. The Morgan fingerprint density at radius 3 is 2.12 bits per heavy atom. The summed E-state index contributed by atoms with van der Waals surface area (Å²) in [6.07, 6.45) is 0.690. The van der Waals surface area contributed by atoms with Gasteiger partial charge in [0.05, 0.1) is 17.2 Å². The Balaban J connectivity index is 2.02. The third-order valence-electron chi connectivity index (χ3n) is 6.55. The third kappa shape index (κ3) is 8.43. The molecule has 0 radical (unpaired) electrons. The molecule has 0 aliphatic heterocycles. The first-order valence-electron chi connectivity index (χ1n) is 13.3. The lowest BCUT2D eigenvalue weighted by Gasteiger charge is -2.32. The molecule has 3 aromatic carbocycles. The van der Waals surface area contributed by atoms with Crippen LogP contribution < -0.4 is 14.4 Å². The second-order valence-electron chi connectivity index (χ2n) is 9.53. The van der Waals surface area contributed by atoms with Gasteiger partial charge >= 0.3 is 0 Å². The van der Waals surface area contributed by atoms with Gasteiger partial charge in [-0.2, -0.15) is 0 Å². The van der Waals surface area contributed by atoms with E-state index >= 15 is 0 Å². The molecule has 0 aliphatic rings. The normalized spacial score (nSPS) is 12.7. The van der Waals surface area contributed by atoms with Crippen LogP contribution in [0.25, 0.3) is 0 Å². The molecule has 3 rings (SSSR count). The van der Waals surface area contributed by atoms with Crippen molar-refractivity contribution in [1.82, 2.24) is 10.2 Å². The SMILES string of the molecule is CCOc1ccc(N(CC(=O)N(Cc2ccc(F)cc2)C(C)C(=O)NC(C)CC)S(=O)(=O)c2ccc(Cl)cc2)cc1. The summed E-state index contributed by atoms with van der Waals surface area (Å²) in [5.74, 6) is -0.903. The summed E-state index contributed by atoms with van der Waals surface area (Å²) in [5, 5.41) is 3.23. The molecule has 0 saturated heterocycles. The number of benzene rings is 3. The Bertz CT molecular complexity index is 1420. The molecule has 0 spiro atoms. The van der Waals surface area contributed by atoms with Gasteiger partial charge in [-0.1, -0.05) is 30.7 Å². The van der Waals surface area contributed by atoms with Crippen LogP contribution in [-0.4, -0.2) is 50.4 Å². The van der Waals surface area contributed by atoms with E-state index in [9.17, 15) is 22.4 Å². The van der Waals surface area contributed by atoms with Gasteiger partial charge in [0.15, 0.2) is 0 Å².